The summed E-state index contributed by atoms with van der Waals surface area (Å²) >= 11 is 0. The van der Waals surface area contributed by atoms with Crippen LogP contribution in [0.25, 0.3) is 0 Å². The lowest BCUT2D eigenvalue weighted by atomic mass is 10.00. The molecule has 6 heteroatoms. The number of amides is 1. The molecule has 1 aromatic heterocycles. The molecule has 2 aromatic rings. The SMILES string of the molecule is CC1CCCN(C(=O)c2ccnc(N3CCN(c4ccccc4)CC3)n2)C1. The number of likely N-dealkylation sites (tertiary alicyclic amines) is 1. The second kappa shape index (κ2) is 7.94. The van der Waals surface area contributed by atoms with Gasteiger partial charge in [0.15, 0.2) is 0 Å². The van der Waals surface area contributed by atoms with Crippen molar-refractivity contribution in [2.45, 2.75) is 19.8 Å². The quantitative estimate of drug-likeness (QED) is 0.837. The van der Waals surface area contributed by atoms with E-state index < -0.39 is 0 Å². The smallest absolute Gasteiger partial charge is 0.272 e. The Morgan fingerprint density at radius 2 is 1.74 bits per heavy atom. The molecule has 0 radical (unpaired) electrons. The largest absolute Gasteiger partial charge is 0.368 e. The summed E-state index contributed by atoms with van der Waals surface area (Å²) in [7, 11) is 0. The zero-order chi connectivity index (χ0) is 18.6. The number of carbonyl (C=O) groups is 1. The molecule has 1 unspecified atom stereocenters. The first-order valence-corrected chi connectivity index (χ1v) is 9.88. The minimum absolute atomic E-state index is 0.0353. The number of carbonyl (C=O) groups excluding carboxylic acids is 1. The van der Waals surface area contributed by atoms with Gasteiger partial charge in [0.25, 0.3) is 5.91 Å². The number of hydrogen-bond acceptors (Lipinski definition) is 5. The summed E-state index contributed by atoms with van der Waals surface area (Å²) in [6, 6.07) is 12.2. The number of anilines is 2. The second-order valence-corrected chi connectivity index (χ2v) is 7.55. The van der Waals surface area contributed by atoms with Crippen LogP contribution in [0.2, 0.25) is 0 Å². The molecule has 0 saturated carbocycles. The van der Waals surface area contributed by atoms with E-state index in [-0.39, 0.29) is 5.91 Å². The van der Waals surface area contributed by atoms with Gasteiger partial charge in [-0.2, -0.15) is 0 Å². The summed E-state index contributed by atoms with van der Waals surface area (Å²) in [5, 5.41) is 0. The first-order chi connectivity index (χ1) is 13.2. The minimum Gasteiger partial charge on any atom is -0.368 e. The normalized spacial score (nSPS) is 20.6. The summed E-state index contributed by atoms with van der Waals surface area (Å²) < 4.78 is 0. The van der Waals surface area contributed by atoms with E-state index in [2.05, 4.69) is 51.0 Å². The van der Waals surface area contributed by atoms with Crippen molar-refractivity contribution in [2.24, 2.45) is 5.92 Å². The lowest BCUT2D eigenvalue weighted by Gasteiger charge is -2.36. The fourth-order valence-corrected chi connectivity index (χ4v) is 3.96. The van der Waals surface area contributed by atoms with Crippen LogP contribution in [0.4, 0.5) is 11.6 Å². The van der Waals surface area contributed by atoms with Crippen LogP contribution in [-0.4, -0.2) is 60.0 Å². The highest BCUT2D eigenvalue weighted by molar-refractivity contribution is 5.92. The van der Waals surface area contributed by atoms with Gasteiger partial charge in [0.05, 0.1) is 0 Å². The molecule has 1 atom stereocenters. The second-order valence-electron chi connectivity index (χ2n) is 7.55. The van der Waals surface area contributed by atoms with Crippen molar-refractivity contribution in [3.05, 3.63) is 48.3 Å². The number of aromatic nitrogens is 2. The number of rotatable bonds is 3. The van der Waals surface area contributed by atoms with Crippen LogP contribution in [0.5, 0.6) is 0 Å². The molecule has 27 heavy (non-hydrogen) atoms. The van der Waals surface area contributed by atoms with Crippen LogP contribution in [0, 0.1) is 5.92 Å². The Hall–Kier alpha value is -2.63. The van der Waals surface area contributed by atoms with Gasteiger partial charge in [0.1, 0.15) is 5.69 Å². The van der Waals surface area contributed by atoms with Crippen LogP contribution in [0.3, 0.4) is 0 Å². The van der Waals surface area contributed by atoms with E-state index in [0.29, 0.717) is 17.6 Å². The van der Waals surface area contributed by atoms with Crippen LogP contribution in [-0.2, 0) is 0 Å². The number of nitrogens with zero attached hydrogens (tertiary/aromatic N) is 5. The molecule has 6 nitrogen and oxygen atoms in total. The number of para-hydroxylation sites is 1. The maximum absolute atomic E-state index is 12.8. The third-order valence-electron chi connectivity index (χ3n) is 5.49. The van der Waals surface area contributed by atoms with Crippen LogP contribution < -0.4 is 9.80 Å². The van der Waals surface area contributed by atoms with E-state index >= 15 is 0 Å². The van der Waals surface area contributed by atoms with Crippen molar-refractivity contribution >= 4 is 17.5 Å². The van der Waals surface area contributed by atoms with Crippen molar-refractivity contribution in [3.63, 3.8) is 0 Å². The van der Waals surface area contributed by atoms with Gasteiger partial charge in [-0.3, -0.25) is 4.79 Å². The van der Waals surface area contributed by atoms with Crippen LogP contribution >= 0.6 is 0 Å². The average Bonchev–Trinajstić information content (AvgIpc) is 2.74. The first kappa shape index (κ1) is 17.8. The fourth-order valence-electron chi connectivity index (χ4n) is 3.96. The molecule has 4 rings (SSSR count). The molecule has 0 N–H and O–H groups in total. The number of piperazine rings is 1. The Morgan fingerprint density at radius 3 is 2.48 bits per heavy atom. The van der Waals surface area contributed by atoms with Gasteiger partial charge < -0.3 is 14.7 Å². The molecule has 0 bridgehead atoms. The van der Waals surface area contributed by atoms with E-state index in [4.69, 9.17) is 0 Å². The Labute approximate surface area is 160 Å². The number of benzene rings is 1. The maximum Gasteiger partial charge on any atom is 0.272 e. The fraction of sp³-hybridized carbons (Fsp3) is 0.476. The van der Waals surface area contributed by atoms with Crippen molar-refractivity contribution in [2.75, 3.05) is 49.1 Å². The molecule has 0 spiro atoms. The van der Waals surface area contributed by atoms with Gasteiger partial charge in [-0.1, -0.05) is 25.1 Å². The average molecular weight is 365 g/mol. The molecule has 142 valence electrons. The molecule has 2 fully saturated rings. The molecular formula is C21H27N5O. The monoisotopic (exact) mass is 365 g/mol. The summed E-state index contributed by atoms with van der Waals surface area (Å²) in [6.45, 7) is 7.42. The van der Waals surface area contributed by atoms with Gasteiger partial charge >= 0.3 is 0 Å². The highest BCUT2D eigenvalue weighted by Gasteiger charge is 2.25. The molecule has 0 aliphatic carbocycles. The predicted molar refractivity (Wildman–Crippen MR) is 107 cm³/mol. The summed E-state index contributed by atoms with van der Waals surface area (Å²) in [4.78, 5) is 28.3. The zero-order valence-corrected chi connectivity index (χ0v) is 15.9. The Kier molecular flexibility index (Phi) is 5.23. The van der Waals surface area contributed by atoms with Gasteiger partial charge in [0.2, 0.25) is 5.95 Å². The lowest BCUT2D eigenvalue weighted by molar-refractivity contribution is 0.0677. The maximum atomic E-state index is 12.8. The Morgan fingerprint density at radius 1 is 1.00 bits per heavy atom. The third-order valence-corrected chi connectivity index (χ3v) is 5.49. The van der Waals surface area contributed by atoms with Crippen molar-refractivity contribution in [1.29, 1.82) is 0 Å². The van der Waals surface area contributed by atoms with E-state index in [1.165, 1.54) is 12.1 Å². The summed E-state index contributed by atoms with van der Waals surface area (Å²) in [6.07, 6.45) is 3.99. The van der Waals surface area contributed by atoms with Gasteiger partial charge in [-0.15, -0.1) is 0 Å². The number of piperidine rings is 1. The molecule has 1 aromatic carbocycles. The zero-order valence-electron chi connectivity index (χ0n) is 15.9. The van der Waals surface area contributed by atoms with E-state index in [1.807, 2.05) is 11.0 Å². The predicted octanol–water partition coefficient (Wildman–Crippen LogP) is 2.68. The molecule has 1 amide bonds. The summed E-state index contributed by atoms with van der Waals surface area (Å²) in [5.41, 5.74) is 1.76. The van der Waals surface area contributed by atoms with Crippen LogP contribution in [0.1, 0.15) is 30.3 Å². The molecular weight excluding hydrogens is 338 g/mol. The molecule has 3 heterocycles. The number of hydrogen-bond donors (Lipinski definition) is 0. The standard InChI is InChI=1S/C21H27N5O/c1-17-6-5-11-26(16-17)20(27)19-9-10-22-21(23-19)25-14-12-24(13-15-25)18-7-3-2-4-8-18/h2-4,7-10,17H,5-6,11-16H2,1H3. The summed E-state index contributed by atoms with van der Waals surface area (Å²) in [5.74, 6) is 1.27. The van der Waals surface area contributed by atoms with E-state index in [9.17, 15) is 4.79 Å². The highest BCUT2D eigenvalue weighted by atomic mass is 16.2. The van der Waals surface area contributed by atoms with Gasteiger partial charge in [0, 0.05) is 51.2 Å². The van der Waals surface area contributed by atoms with Crippen LogP contribution in [0.15, 0.2) is 42.6 Å². The lowest BCUT2D eigenvalue weighted by Crippen LogP contribution is -2.47. The van der Waals surface area contributed by atoms with Gasteiger partial charge in [-0.25, -0.2) is 9.97 Å². The molecule has 2 aliphatic rings. The Bertz CT molecular complexity index is 773. The van der Waals surface area contributed by atoms with Crippen molar-refractivity contribution < 1.29 is 4.79 Å². The van der Waals surface area contributed by atoms with E-state index in [0.717, 1.165) is 45.7 Å². The van der Waals surface area contributed by atoms with E-state index in [1.54, 1.807) is 12.3 Å². The first-order valence-electron chi connectivity index (χ1n) is 9.88. The molecule has 2 saturated heterocycles. The minimum atomic E-state index is 0.0353. The molecule has 2 aliphatic heterocycles. The third kappa shape index (κ3) is 4.04. The van der Waals surface area contributed by atoms with Gasteiger partial charge in [-0.05, 0) is 37.0 Å². The van der Waals surface area contributed by atoms with Crippen molar-refractivity contribution in [1.82, 2.24) is 14.9 Å². The Balaban J connectivity index is 1.42. The topological polar surface area (TPSA) is 52.6 Å². The van der Waals surface area contributed by atoms with Crippen molar-refractivity contribution in [3.8, 4) is 0 Å². The highest BCUT2D eigenvalue weighted by Crippen LogP contribution is 2.20.